The molecule has 0 spiro atoms. The summed E-state index contributed by atoms with van der Waals surface area (Å²) < 4.78 is 3.91. The van der Waals surface area contributed by atoms with E-state index in [9.17, 15) is 0 Å². The maximum atomic E-state index is 4.32. The van der Waals surface area contributed by atoms with Crippen molar-refractivity contribution in [1.82, 2.24) is 19.3 Å². The molecule has 0 atom stereocenters. The van der Waals surface area contributed by atoms with Crippen molar-refractivity contribution in [2.75, 3.05) is 11.9 Å². The van der Waals surface area contributed by atoms with E-state index in [1.807, 2.05) is 36.5 Å². The van der Waals surface area contributed by atoms with Gasteiger partial charge in [-0.2, -0.15) is 5.10 Å². The average molecular weight is 233 g/mol. The van der Waals surface area contributed by atoms with Crippen LogP contribution in [0.2, 0.25) is 0 Å². The summed E-state index contributed by atoms with van der Waals surface area (Å²) in [5, 5.41) is 7.51. The zero-order valence-electron chi connectivity index (χ0n) is 10.6. The average Bonchev–Trinajstić information content (AvgIpc) is 2.86. The Morgan fingerprint density at radius 3 is 2.88 bits per heavy atom. The second-order valence-corrected chi connectivity index (χ2v) is 4.68. The highest BCUT2D eigenvalue weighted by Gasteiger charge is 2.04. The number of rotatable bonds is 5. The first-order chi connectivity index (χ1) is 8.15. The third kappa shape index (κ3) is 3.09. The fourth-order valence-corrected chi connectivity index (χ4v) is 1.65. The molecular formula is C12H19N5. The highest BCUT2D eigenvalue weighted by atomic mass is 15.2. The number of hydrogen-bond acceptors (Lipinski definition) is 3. The predicted molar refractivity (Wildman–Crippen MR) is 67.9 cm³/mol. The van der Waals surface area contributed by atoms with Crippen molar-refractivity contribution in [2.24, 2.45) is 13.0 Å². The molecule has 0 unspecified atom stereocenters. The summed E-state index contributed by atoms with van der Waals surface area (Å²) in [5.74, 6) is 1.53. The minimum Gasteiger partial charge on any atom is -0.355 e. The fraction of sp³-hybridized carbons (Fsp3) is 0.500. The number of imidazole rings is 1. The Balaban J connectivity index is 2.03. The van der Waals surface area contributed by atoms with E-state index in [1.54, 1.807) is 0 Å². The summed E-state index contributed by atoms with van der Waals surface area (Å²) >= 11 is 0. The summed E-state index contributed by atoms with van der Waals surface area (Å²) in [6, 6.07) is 0. The zero-order chi connectivity index (χ0) is 12.3. The third-order valence-corrected chi connectivity index (χ3v) is 2.50. The van der Waals surface area contributed by atoms with Gasteiger partial charge < -0.3 is 9.88 Å². The molecule has 5 heteroatoms. The molecule has 0 aliphatic heterocycles. The van der Waals surface area contributed by atoms with Crippen molar-refractivity contribution >= 4 is 5.95 Å². The summed E-state index contributed by atoms with van der Waals surface area (Å²) in [7, 11) is 1.93. The van der Waals surface area contributed by atoms with E-state index in [4.69, 9.17) is 0 Å². The summed E-state index contributed by atoms with van der Waals surface area (Å²) in [5.41, 5.74) is 1.18. The number of aryl methyl sites for hydroxylation is 1. The quantitative estimate of drug-likeness (QED) is 0.855. The summed E-state index contributed by atoms with van der Waals surface area (Å²) in [6.07, 6.45) is 7.70. The molecule has 17 heavy (non-hydrogen) atoms. The van der Waals surface area contributed by atoms with E-state index in [2.05, 4.69) is 33.8 Å². The first-order valence-corrected chi connectivity index (χ1v) is 5.87. The van der Waals surface area contributed by atoms with E-state index >= 15 is 0 Å². The second kappa shape index (κ2) is 5.03. The molecule has 2 aromatic heterocycles. The van der Waals surface area contributed by atoms with Crippen LogP contribution < -0.4 is 5.32 Å². The van der Waals surface area contributed by atoms with E-state index < -0.39 is 0 Å². The van der Waals surface area contributed by atoms with Gasteiger partial charge in [0.25, 0.3) is 0 Å². The lowest BCUT2D eigenvalue weighted by atomic mass is 10.2. The maximum absolute atomic E-state index is 4.32. The number of hydrogen-bond donors (Lipinski definition) is 1. The van der Waals surface area contributed by atoms with Crippen LogP contribution in [0.5, 0.6) is 0 Å². The van der Waals surface area contributed by atoms with Gasteiger partial charge in [-0.1, -0.05) is 13.8 Å². The molecule has 92 valence electrons. The standard InChI is InChI=1S/C12H19N5/c1-10(2)6-14-12-13-4-5-17(12)9-11-7-15-16(3)8-11/h4-5,7-8,10H,6,9H2,1-3H3,(H,13,14). The molecule has 0 saturated heterocycles. The van der Waals surface area contributed by atoms with E-state index in [-0.39, 0.29) is 0 Å². The van der Waals surface area contributed by atoms with Gasteiger partial charge in [-0.25, -0.2) is 4.98 Å². The number of anilines is 1. The highest BCUT2D eigenvalue weighted by molar-refractivity contribution is 5.27. The van der Waals surface area contributed by atoms with Crippen LogP contribution in [-0.4, -0.2) is 25.9 Å². The van der Waals surface area contributed by atoms with E-state index in [1.165, 1.54) is 5.56 Å². The molecule has 2 aromatic rings. The lowest BCUT2D eigenvalue weighted by Crippen LogP contribution is -2.13. The van der Waals surface area contributed by atoms with Crippen molar-refractivity contribution in [3.63, 3.8) is 0 Å². The fourth-order valence-electron chi connectivity index (χ4n) is 1.65. The van der Waals surface area contributed by atoms with Crippen molar-refractivity contribution in [1.29, 1.82) is 0 Å². The minimum absolute atomic E-state index is 0.610. The Morgan fingerprint density at radius 2 is 2.24 bits per heavy atom. The van der Waals surface area contributed by atoms with Gasteiger partial charge in [-0.3, -0.25) is 4.68 Å². The Hall–Kier alpha value is -1.78. The monoisotopic (exact) mass is 233 g/mol. The molecule has 0 fully saturated rings. The Labute approximate surface area is 101 Å². The summed E-state index contributed by atoms with van der Waals surface area (Å²) in [6.45, 7) is 6.10. The highest BCUT2D eigenvalue weighted by Crippen LogP contribution is 2.09. The third-order valence-electron chi connectivity index (χ3n) is 2.50. The second-order valence-electron chi connectivity index (χ2n) is 4.68. The molecular weight excluding hydrogens is 214 g/mol. The molecule has 0 saturated carbocycles. The molecule has 0 aromatic carbocycles. The molecule has 0 bridgehead atoms. The van der Waals surface area contributed by atoms with Gasteiger partial charge in [0.05, 0.1) is 12.7 Å². The van der Waals surface area contributed by atoms with Crippen LogP contribution in [0.25, 0.3) is 0 Å². The van der Waals surface area contributed by atoms with Crippen LogP contribution in [0.3, 0.4) is 0 Å². The predicted octanol–water partition coefficient (Wildman–Crippen LogP) is 1.73. The maximum Gasteiger partial charge on any atom is 0.203 e. The molecule has 2 heterocycles. The smallest absolute Gasteiger partial charge is 0.203 e. The largest absolute Gasteiger partial charge is 0.355 e. The van der Waals surface area contributed by atoms with Crippen molar-refractivity contribution in [3.05, 3.63) is 30.4 Å². The van der Waals surface area contributed by atoms with Gasteiger partial charge in [-0.15, -0.1) is 0 Å². The normalized spacial score (nSPS) is 11.1. The van der Waals surface area contributed by atoms with E-state index in [0.29, 0.717) is 5.92 Å². The van der Waals surface area contributed by atoms with Gasteiger partial charge in [0.15, 0.2) is 0 Å². The van der Waals surface area contributed by atoms with Crippen LogP contribution in [0.1, 0.15) is 19.4 Å². The van der Waals surface area contributed by atoms with Gasteiger partial charge >= 0.3 is 0 Å². The first kappa shape index (κ1) is 11.7. The SMILES string of the molecule is CC(C)CNc1nccn1Cc1cnn(C)c1. The number of nitrogens with zero attached hydrogens (tertiary/aromatic N) is 4. The Bertz CT molecular complexity index is 469. The van der Waals surface area contributed by atoms with Gasteiger partial charge in [0, 0.05) is 37.7 Å². The van der Waals surface area contributed by atoms with Crippen molar-refractivity contribution < 1.29 is 0 Å². The molecule has 0 aliphatic rings. The minimum atomic E-state index is 0.610. The van der Waals surface area contributed by atoms with Crippen LogP contribution in [-0.2, 0) is 13.6 Å². The van der Waals surface area contributed by atoms with Crippen molar-refractivity contribution in [2.45, 2.75) is 20.4 Å². The number of nitrogens with one attached hydrogen (secondary N) is 1. The first-order valence-electron chi connectivity index (χ1n) is 5.87. The van der Waals surface area contributed by atoms with Crippen LogP contribution in [0.4, 0.5) is 5.95 Å². The van der Waals surface area contributed by atoms with Crippen molar-refractivity contribution in [3.8, 4) is 0 Å². The lowest BCUT2D eigenvalue weighted by molar-refractivity contribution is 0.676. The molecule has 0 aliphatic carbocycles. The van der Waals surface area contributed by atoms with Gasteiger partial charge in [0.2, 0.25) is 5.95 Å². The summed E-state index contributed by atoms with van der Waals surface area (Å²) in [4.78, 5) is 4.32. The number of aromatic nitrogens is 4. The van der Waals surface area contributed by atoms with E-state index in [0.717, 1.165) is 19.0 Å². The zero-order valence-corrected chi connectivity index (χ0v) is 10.6. The molecule has 1 N–H and O–H groups in total. The molecule has 0 amide bonds. The van der Waals surface area contributed by atoms with Gasteiger partial charge in [0.1, 0.15) is 0 Å². The molecule has 2 rings (SSSR count). The lowest BCUT2D eigenvalue weighted by Gasteiger charge is -2.10. The van der Waals surface area contributed by atoms with Crippen LogP contribution in [0, 0.1) is 5.92 Å². The van der Waals surface area contributed by atoms with Crippen LogP contribution >= 0.6 is 0 Å². The Morgan fingerprint density at radius 1 is 1.41 bits per heavy atom. The van der Waals surface area contributed by atoms with Crippen LogP contribution in [0.15, 0.2) is 24.8 Å². The topological polar surface area (TPSA) is 47.7 Å². The molecule has 0 radical (unpaired) electrons. The Kier molecular flexibility index (Phi) is 3.46. The van der Waals surface area contributed by atoms with Gasteiger partial charge in [-0.05, 0) is 5.92 Å². The molecule has 5 nitrogen and oxygen atoms in total.